The minimum atomic E-state index is -3.95. The number of aromatic amines is 2. The van der Waals surface area contributed by atoms with Gasteiger partial charge in [-0.05, 0) is 0 Å². The molecule has 2 N–H and O–H groups in total. The van der Waals surface area contributed by atoms with Gasteiger partial charge in [0.05, 0.1) is 13.2 Å². The number of ether oxygens (including phenoxy) is 2. The highest BCUT2D eigenvalue weighted by atomic mass is 32.2. The summed E-state index contributed by atoms with van der Waals surface area (Å²) in [5, 5.41) is 0. The first kappa shape index (κ1) is 14.4. The second-order valence-electron chi connectivity index (χ2n) is 4.95. The molecule has 1 spiro atoms. The van der Waals surface area contributed by atoms with E-state index >= 15 is 0 Å². The van der Waals surface area contributed by atoms with Crippen molar-refractivity contribution in [3.63, 3.8) is 0 Å². The second kappa shape index (κ2) is 5.05. The molecule has 0 atom stereocenters. The predicted molar refractivity (Wildman–Crippen MR) is 70.3 cm³/mol. The fraction of sp³-hybridized carbons (Fsp3) is 0.636. The molecular formula is C11H15N3O6S. The summed E-state index contributed by atoms with van der Waals surface area (Å²) >= 11 is 0. The summed E-state index contributed by atoms with van der Waals surface area (Å²) in [5.74, 6) is -0.691. The summed E-state index contributed by atoms with van der Waals surface area (Å²) in [4.78, 5) is 26.2. The Morgan fingerprint density at radius 3 is 2.33 bits per heavy atom. The molecule has 2 aliphatic heterocycles. The number of H-pyrrole nitrogens is 2. The van der Waals surface area contributed by atoms with Gasteiger partial charge >= 0.3 is 5.69 Å². The predicted octanol–water partition coefficient (Wildman–Crippen LogP) is -1.41. The van der Waals surface area contributed by atoms with Crippen LogP contribution in [-0.4, -0.2) is 54.8 Å². The fourth-order valence-electron chi connectivity index (χ4n) is 2.58. The van der Waals surface area contributed by atoms with Gasteiger partial charge in [-0.3, -0.25) is 9.78 Å². The van der Waals surface area contributed by atoms with Gasteiger partial charge in [0.25, 0.3) is 5.56 Å². The van der Waals surface area contributed by atoms with Crippen LogP contribution < -0.4 is 11.2 Å². The van der Waals surface area contributed by atoms with Crippen LogP contribution in [0.15, 0.2) is 20.7 Å². The molecule has 2 fully saturated rings. The lowest BCUT2D eigenvalue weighted by Gasteiger charge is -2.36. The fourth-order valence-corrected chi connectivity index (χ4v) is 4.02. The molecule has 0 radical (unpaired) electrons. The van der Waals surface area contributed by atoms with Crippen LogP contribution in [0.2, 0.25) is 0 Å². The van der Waals surface area contributed by atoms with E-state index in [9.17, 15) is 18.0 Å². The van der Waals surface area contributed by atoms with Crippen molar-refractivity contribution in [1.29, 1.82) is 0 Å². The van der Waals surface area contributed by atoms with Crippen molar-refractivity contribution in [1.82, 2.24) is 14.3 Å². The molecule has 2 aliphatic rings. The lowest BCUT2D eigenvalue weighted by molar-refractivity contribution is -0.179. The van der Waals surface area contributed by atoms with Crippen molar-refractivity contribution < 1.29 is 17.9 Å². The average Bonchev–Trinajstić information content (AvgIpc) is 2.87. The Hall–Kier alpha value is -1.49. The van der Waals surface area contributed by atoms with Crippen LogP contribution in [0.4, 0.5) is 0 Å². The number of aromatic nitrogens is 2. The Kier molecular flexibility index (Phi) is 3.48. The minimum absolute atomic E-state index is 0.195. The smallest absolute Gasteiger partial charge is 0.325 e. The zero-order valence-corrected chi connectivity index (χ0v) is 11.9. The van der Waals surface area contributed by atoms with E-state index < -0.39 is 32.0 Å². The monoisotopic (exact) mass is 317 g/mol. The molecule has 21 heavy (non-hydrogen) atoms. The summed E-state index contributed by atoms with van der Waals surface area (Å²) in [5.41, 5.74) is -1.67. The van der Waals surface area contributed by atoms with Gasteiger partial charge in [-0.25, -0.2) is 13.2 Å². The van der Waals surface area contributed by atoms with Crippen molar-refractivity contribution in [2.45, 2.75) is 23.5 Å². The van der Waals surface area contributed by atoms with E-state index in [4.69, 9.17) is 9.47 Å². The van der Waals surface area contributed by atoms with Crippen LogP contribution in [0.25, 0.3) is 0 Å². The third kappa shape index (κ3) is 2.55. The quantitative estimate of drug-likeness (QED) is 0.691. The molecule has 1 aromatic heterocycles. The van der Waals surface area contributed by atoms with E-state index in [0.29, 0.717) is 26.1 Å². The van der Waals surface area contributed by atoms with E-state index in [-0.39, 0.29) is 13.1 Å². The molecule has 2 saturated heterocycles. The van der Waals surface area contributed by atoms with Gasteiger partial charge in [0.15, 0.2) is 10.7 Å². The first-order chi connectivity index (χ1) is 9.93. The molecule has 0 aromatic carbocycles. The Labute approximate surface area is 119 Å². The van der Waals surface area contributed by atoms with Crippen molar-refractivity contribution in [3.05, 3.63) is 27.0 Å². The van der Waals surface area contributed by atoms with E-state index in [0.717, 1.165) is 6.20 Å². The summed E-state index contributed by atoms with van der Waals surface area (Å²) in [7, 11) is -3.95. The second-order valence-corrected chi connectivity index (χ2v) is 6.85. The third-order valence-corrected chi connectivity index (χ3v) is 5.60. The molecule has 0 unspecified atom stereocenters. The summed E-state index contributed by atoms with van der Waals surface area (Å²) in [6.45, 7) is 1.40. The molecule has 116 valence electrons. The Balaban J connectivity index is 1.83. The highest BCUT2D eigenvalue weighted by Gasteiger charge is 2.43. The van der Waals surface area contributed by atoms with Crippen molar-refractivity contribution in [2.24, 2.45) is 0 Å². The van der Waals surface area contributed by atoms with Gasteiger partial charge in [-0.1, -0.05) is 0 Å². The molecule has 10 heteroatoms. The zero-order chi connectivity index (χ0) is 15.1. The van der Waals surface area contributed by atoms with Gasteiger partial charge in [0.2, 0.25) is 10.0 Å². The zero-order valence-electron chi connectivity index (χ0n) is 11.1. The van der Waals surface area contributed by atoms with Crippen molar-refractivity contribution in [2.75, 3.05) is 26.3 Å². The normalized spacial score (nSPS) is 22.7. The number of nitrogens with zero attached hydrogens (tertiary/aromatic N) is 1. The first-order valence-corrected chi connectivity index (χ1v) is 7.97. The number of rotatable bonds is 2. The molecule has 3 heterocycles. The molecule has 0 aliphatic carbocycles. The summed E-state index contributed by atoms with van der Waals surface area (Å²) in [6.07, 6.45) is 1.74. The number of hydrogen-bond acceptors (Lipinski definition) is 6. The van der Waals surface area contributed by atoms with Gasteiger partial charge in [-0.2, -0.15) is 4.31 Å². The first-order valence-electron chi connectivity index (χ1n) is 6.53. The number of sulfonamides is 1. The van der Waals surface area contributed by atoms with Crippen LogP contribution in [0.1, 0.15) is 12.8 Å². The maximum atomic E-state index is 12.4. The highest BCUT2D eigenvalue weighted by molar-refractivity contribution is 7.89. The van der Waals surface area contributed by atoms with E-state index in [1.54, 1.807) is 0 Å². The Morgan fingerprint density at radius 1 is 1.14 bits per heavy atom. The highest BCUT2D eigenvalue weighted by Crippen LogP contribution is 2.32. The van der Waals surface area contributed by atoms with E-state index in [2.05, 4.69) is 4.98 Å². The standard InChI is InChI=1S/C11H15N3O6S/c15-9-8(7-12-10(16)13-9)21(17,18)14-3-1-11(2-4-14)19-5-6-20-11/h7H,1-6H2,(H2,12,13,15,16). The number of piperidine rings is 1. The van der Waals surface area contributed by atoms with Gasteiger partial charge in [0.1, 0.15) is 0 Å². The topological polar surface area (TPSA) is 122 Å². The lowest BCUT2D eigenvalue weighted by Crippen LogP contribution is -2.48. The van der Waals surface area contributed by atoms with Crippen LogP contribution in [0.3, 0.4) is 0 Å². The Morgan fingerprint density at radius 2 is 1.76 bits per heavy atom. The molecule has 0 saturated carbocycles. The molecule has 0 bridgehead atoms. The molecular weight excluding hydrogens is 302 g/mol. The molecule has 9 nitrogen and oxygen atoms in total. The average molecular weight is 317 g/mol. The van der Waals surface area contributed by atoms with Crippen LogP contribution in [0.5, 0.6) is 0 Å². The molecule has 0 amide bonds. The lowest BCUT2D eigenvalue weighted by atomic mass is 10.1. The van der Waals surface area contributed by atoms with Crippen LogP contribution >= 0.6 is 0 Å². The van der Waals surface area contributed by atoms with Gasteiger partial charge in [0, 0.05) is 32.1 Å². The van der Waals surface area contributed by atoms with Crippen LogP contribution in [-0.2, 0) is 19.5 Å². The summed E-state index contributed by atoms with van der Waals surface area (Å²) < 4.78 is 37.1. The third-order valence-electron chi connectivity index (χ3n) is 3.70. The van der Waals surface area contributed by atoms with Crippen LogP contribution in [0, 0.1) is 0 Å². The largest absolute Gasteiger partial charge is 0.347 e. The Bertz CT molecular complexity index is 736. The summed E-state index contributed by atoms with van der Waals surface area (Å²) in [6, 6.07) is 0. The van der Waals surface area contributed by atoms with E-state index in [1.807, 2.05) is 4.98 Å². The van der Waals surface area contributed by atoms with Gasteiger partial charge < -0.3 is 14.5 Å². The number of nitrogens with one attached hydrogen (secondary N) is 2. The number of hydrogen-bond donors (Lipinski definition) is 2. The molecule has 3 rings (SSSR count). The maximum absolute atomic E-state index is 12.4. The van der Waals surface area contributed by atoms with Crippen molar-refractivity contribution in [3.8, 4) is 0 Å². The van der Waals surface area contributed by atoms with Gasteiger partial charge in [-0.15, -0.1) is 0 Å². The van der Waals surface area contributed by atoms with Crippen molar-refractivity contribution >= 4 is 10.0 Å². The maximum Gasteiger partial charge on any atom is 0.325 e. The SMILES string of the molecule is O=c1[nH]cc(S(=O)(=O)N2CCC3(CC2)OCCO3)c(=O)[nH]1. The molecule has 1 aromatic rings. The minimum Gasteiger partial charge on any atom is -0.347 e. The van der Waals surface area contributed by atoms with E-state index in [1.165, 1.54) is 4.31 Å².